The molecule has 1 fully saturated rings. The third-order valence-electron chi connectivity index (χ3n) is 4.59. The minimum atomic E-state index is -0.0331. The van der Waals surface area contributed by atoms with Gasteiger partial charge in [-0.3, -0.25) is 14.3 Å². The lowest BCUT2D eigenvalue weighted by Gasteiger charge is -2.20. The molecule has 2 heterocycles. The van der Waals surface area contributed by atoms with Crippen LogP contribution in [-0.4, -0.2) is 39.5 Å². The smallest absolute Gasteiger partial charge is 0.253 e. The fourth-order valence-electron chi connectivity index (χ4n) is 3.34. The number of ketones is 1. The largest absolute Gasteiger partial charge is 0.339 e. The van der Waals surface area contributed by atoms with Crippen LogP contribution in [0.2, 0.25) is 0 Å². The lowest BCUT2D eigenvalue weighted by atomic mass is 10.0. The number of Topliss-reactive ketones (excluding diaryl/α,β-unsaturated/α-hetero) is 1. The van der Waals surface area contributed by atoms with Crippen LogP contribution in [0.1, 0.15) is 53.5 Å². The molecule has 1 saturated heterocycles. The molecule has 5 heteroatoms. The van der Waals surface area contributed by atoms with Crippen LogP contribution in [0.4, 0.5) is 0 Å². The molecule has 0 atom stereocenters. The standard InChI is InChI=1S/C19H23N3O2/c1-14(23)18-17(13-20-21(18)2)15-8-7-9-16(12-15)19(24)22-10-5-3-4-6-11-22/h7-9,12-13H,3-6,10-11H2,1-2H3. The molecule has 3 rings (SSSR count). The molecule has 0 radical (unpaired) electrons. The maximum Gasteiger partial charge on any atom is 0.253 e. The Morgan fingerprint density at radius 2 is 1.79 bits per heavy atom. The number of carbonyl (C=O) groups excluding carboxylic acids is 2. The summed E-state index contributed by atoms with van der Waals surface area (Å²) in [5.41, 5.74) is 2.87. The molecule has 1 aromatic heterocycles. The van der Waals surface area contributed by atoms with E-state index in [4.69, 9.17) is 0 Å². The van der Waals surface area contributed by atoms with Crippen LogP contribution in [-0.2, 0) is 7.05 Å². The predicted octanol–water partition coefficient (Wildman–Crippen LogP) is 3.31. The lowest BCUT2D eigenvalue weighted by molar-refractivity contribution is 0.0761. The molecule has 0 saturated carbocycles. The number of nitrogens with zero attached hydrogens (tertiary/aromatic N) is 3. The number of amides is 1. The predicted molar refractivity (Wildman–Crippen MR) is 93.0 cm³/mol. The van der Waals surface area contributed by atoms with Gasteiger partial charge in [0.1, 0.15) is 5.69 Å². The summed E-state index contributed by atoms with van der Waals surface area (Å²) >= 11 is 0. The molecule has 0 spiro atoms. The Morgan fingerprint density at radius 1 is 1.08 bits per heavy atom. The Hall–Kier alpha value is -2.43. The number of benzene rings is 1. The van der Waals surface area contributed by atoms with Gasteiger partial charge in [-0.05, 0) is 30.5 Å². The second kappa shape index (κ2) is 6.99. The highest BCUT2D eigenvalue weighted by molar-refractivity contribution is 6.00. The molecule has 0 bridgehead atoms. The van der Waals surface area contributed by atoms with E-state index < -0.39 is 0 Å². The van der Waals surface area contributed by atoms with E-state index in [1.54, 1.807) is 17.9 Å². The zero-order valence-electron chi connectivity index (χ0n) is 14.3. The summed E-state index contributed by atoms with van der Waals surface area (Å²) in [6.45, 7) is 3.19. The van der Waals surface area contributed by atoms with Gasteiger partial charge in [0.25, 0.3) is 5.91 Å². The van der Waals surface area contributed by atoms with E-state index in [0.29, 0.717) is 11.3 Å². The fraction of sp³-hybridized carbons (Fsp3) is 0.421. The minimum absolute atomic E-state index is 0.0331. The van der Waals surface area contributed by atoms with E-state index in [9.17, 15) is 9.59 Å². The van der Waals surface area contributed by atoms with E-state index in [1.807, 2.05) is 29.2 Å². The molecule has 0 aliphatic carbocycles. The molecule has 1 aliphatic heterocycles. The van der Waals surface area contributed by atoms with Crippen molar-refractivity contribution in [3.05, 3.63) is 41.7 Å². The van der Waals surface area contributed by atoms with Gasteiger partial charge in [0.2, 0.25) is 0 Å². The van der Waals surface area contributed by atoms with Crippen LogP contribution in [0.3, 0.4) is 0 Å². The van der Waals surface area contributed by atoms with E-state index in [0.717, 1.165) is 37.1 Å². The molecule has 126 valence electrons. The van der Waals surface area contributed by atoms with Crippen molar-refractivity contribution in [3.63, 3.8) is 0 Å². The Bertz CT molecular complexity index is 756. The zero-order valence-corrected chi connectivity index (χ0v) is 14.3. The number of carbonyl (C=O) groups is 2. The first kappa shape index (κ1) is 16.4. The summed E-state index contributed by atoms with van der Waals surface area (Å²) in [5.74, 6) is 0.0428. The van der Waals surface area contributed by atoms with Gasteiger partial charge in [-0.2, -0.15) is 5.10 Å². The average Bonchev–Trinajstić information content (AvgIpc) is 2.79. The third-order valence-corrected chi connectivity index (χ3v) is 4.59. The molecule has 1 aliphatic rings. The van der Waals surface area contributed by atoms with Gasteiger partial charge < -0.3 is 4.90 Å². The summed E-state index contributed by atoms with van der Waals surface area (Å²) in [6, 6.07) is 7.51. The van der Waals surface area contributed by atoms with Gasteiger partial charge in [0.05, 0.1) is 6.20 Å². The third kappa shape index (κ3) is 3.25. The summed E-state index contributed by atoms with van der Waals surface area (Å²) in [7, 11) is 1.76. The highest BCUT2D eigenvalue weighted by Gasteiger charge is 2.19. The Kier molecular flexibility index (Phi) is 4.79. The van der Waals surface area contributed by atoms with Crippen molar-refractivity contribution >= 4 is 11.7 Å². The molecule has 1 aromatic carbocycles. The summed E-state index contributed by atoms with van der Waals surface area (Å²) in [6.07, 6.45) is 6.22. The molecule has 1 amide bonds. The summed E-state index contributed by atoms with van der Waals surface area (Å²) < 4.78 is 1.58. The van der Waals surface area contributed by atoms with Crippen molar-refractivity contribution in [2.75, 3.05) is 13.1 Å². The first-order valence-electron chi connectivity index (χ1n) is 8.50. The van der Waals surface area contributed by atoms with Gasteiger partial charge in [-0.25, -0.2) is 0 Å². The average molecular weight is 325 g/mol. The van der Waals surface area contributed by atoms with Gasteiger partial charge in [0, 0.05) is 38.2 Å². The van der Waals surface area contributed by atoms with Gasteiger partial charge in [-0.1, -0.05) is 25.0 Å². The van der Waals surface area contributed by atoms with E-state index >= 15 is 0 Å². The highest BCUT2D eigenvalue weighted by Crippen LogP contribution is 2.25. The van der Waals surface area contributed by atoms with Crippen LogP contribution in [0, 0.1) is 0 Å². The Morgan fingerprint density at radius 3 is 2.46 bits per heavy atom. The number of rotatable bonds is 3. The second-order valence-electron chi connectivity index (χ2n) is 6.37. The van der Waals surface area contributed by atoms with Gasteiger partial charge >= 0.3 is 0 Å². The van der Waals surface area contributed by atoms with Crippen molar-refractivity contribution in [3.8, 4) is 11.1 Å². The van der Waals surface area contributed by atoms with E-state index in [2.05, 4.69) is 5.10 Å². The molecular weight excluding hydrogens is 302 g/mol. The van der Waals surface area contributed by atoms with Gasteiger partial charge in [-0.15, -0.1) is 0 Å². The topological polar surface area (TPSA) is 55.2 Å². The van der Waals surface area contributed by atoms with Crippen LogP contribution in [0.15, 0.2) is 30.5 Å². The molecule has 0 unspecified atom stereocenters. The van der Waals surface area contributed by atoms with E-state index in [1.165, 1.54) is 19.8 Å². The first-order valence-corrected chi connectivity index (χ1v) is 8.50. The summed E-state index contributed by atoms with van der Waals surface area (Å²) in [4.78, 5) is 26.6. The Labute approximate surface area is 142 Å². The number of hydrogen-bond acceptors (Lipinski definition) is 3. The number of aryl methyl sites for hydroxylation is 1. The number of hydrogen-bond donors (Lipinski definition) is 0. The number of likely N-dealkylation sites (tertiary alicyclic amines) is 1. The molecule has 0 N–H and O–H groups in total. The van der Waals surface area contributed by atoms with E-state index in [-0.39, 0.29) is 11.7 Å². The quantitative estimate of drug-likeness (QED) is 0.814. The monoisotopic (exact) mass is 325 g/mol. The lowest BCUT2D eigenvalue weighted by Crippen LogP contribution is -2.31. The SMILES string of the molecule is CC(=O)c1c(-c2cccc(C(=O)N3CCCCCC3)c2)cnn1C. The fourth-order valence-corrected chi connectivity index (χ4v) is 3.34. The molecule has 5 nitrogen and oxygen atoms in total. The second-order valence-corrected chi connectivity index (χ2v) is 6.37. The Balaban J connectivity index is 1.92. The summed E-state index contributed by atoms with van der Waals surface area (Å²) in [5, 5.41) is 4.19. The maximum absolute atomic E-state index is 12.8. The minimum Gasteiger partial charge on any atom is -0.339 e. The van der Waals surface area contributed by atoms with Crippen LogP contribution in [0.25, 0.3) is 11.1 Å². The highest BCUT2D eigenvalue weighted by atomic mass is 16.2. The van der Waals surface area contributed by atoms with Crippen molar-refractivity contribution in [1.82, 2.24) is 14.7 Å². The van der Waals surface area contributed by atoms with Gasteiger partial charge in [0.15, 0.2) is 5.78 Å². The number of aromatic nitrogens is 2. The zero-order chi connectivity index (χ0) is 17.1. The van der Waals surface area contributed by atoms with Crippen LogP contribution >= 0.6 is 0 Å². The van der Waals surface area contributed by atoms with Crippen LogP contribution in [0.5, 0.6) is 0 Å². The molecular formula is C19H23N3O2. The van der Waals surface area contributed by atoms with Crippen molar-refractivity contribution in [1.29, 1.82) is 0 Å². The normalized spacial score (nSPS) is 15.2. The molecule has 2 aromatic rings. The maximum atomic E-state index is 12.8. The van der Waals surface area contributed by atoms with Crippen molar-refractivity contribution in [2.45, 2.75) is 32.6 Å². The van der Waals surface area contributed by atoms with Crippen molar-refractivity contribution in [2.24, 2.45) is 7.05 Å². The van der Waals surface area contributed by atoms with Crippen LogP contribution < -0.4 is 0 Å². The molecule has 24 heavy (non-hydrogen) atoms. The van der Waals surface area contributed by atoms with Crippen molar-refractivity contribution < 1.29 is 9.59 Å². The first-order chi connectivity index (χ1) is 11.6.